The molecule has 0 radical (unpaired) electrons. The number of ether oxygens (including phenoxy) is 1. The van der Waals surface area contributed by atoms with Gasteiger partial charge in [0.1, 0.15) is 0 Å². The summed E-state index contributed by atoms with van der Waals surface area (Å²) in [4.78, 5) is 11.2. The molecule has 4 heteroatoms. The van der Waals surface area contributed by atoms with Crippen LogP contribution in [0.2, 0.25) is 0 Å². The van der Waals surface area contributed by atoms with Crippen LogP contribution in [0.25, 0.3) is 0 Å². The first-order valence-corrected chi connectivity index (χ1v) is 4.61. The number of carbonyl (C=O) groups is 1. The van der Waals surface area contributed by atoms with Crippen molar-refractivity contribution in [3.8, 4) is 0 Å². The van der Waals surface area contributed by atoms with E-state index in [2.05, 4.69) is 0 Å². The topological polar surface area (TPSA) is 26.3 Å². The van der Waals surface area contributed by atoms with Crippen molar-refractivity contribution >= 4 is 9.84 Å². The Balaban J connectivity index is 2.90. The number of benzene rings is 1. The monoisotopic (exact) mass is 215 g/mol. The second-order valence-electron chi connectivity index (χ2n) is 2.42. The molecule has 0 spiro atoms. The van der Waals surface area contributed by atoms with Gasteiger partial charge in [0.15, 0.2) is 0 Å². The Morgan fingerprint density at radius 2 is 2.31 bits per heavy atom. The van der Waals surface area contributed by atoms with Crippen molar-refractivity contribution in [2.75, 3.05) is 6.61 Å². The molecule has 0 N–H and O–H groups in total. The van der Waals surface area contributed by atoms with Gasteiger partial charge in [-0.3, -0.25) is 0 Å². The van der Waals surface area contributed by atoms with Crippen molar-refractivity contribution in [3.05, 3.63) is 29.6 Å². The number of hydrogen-bond acceptors (Lipinski definition) is 2. The molecule has 1 aromatic rings. The summed E-state index contributed by atoms with van der Waals surface area (Å²) in [5.74, 6) is -0.723. The first-order valence-electron chi connectivity index (χ1n) is 3.83. The normalized spacial score (nSPS) is 9.62. The first-order chi connectivity index (χ1) is 6.15. The summed E-state index contributed by atoms with van der Waals surface area (Å²) in [6, 6.07) is 4.16. The third-order valence-corrected chi connectivity index (χ3v) is 2.08. The van der Waals surface area contributed by atoms with E-state index in [0.29, 0.717) is 16.0 Å². The van der Waals surface area contributed by atoms with Gasteiger partial charge in [0.05, 0.1) is 0 Å². The quantitative estimate of drug-likeness (QED) is 0.546. The Morgan fingerprint density at radius 3 is 2.85 bits per heavy atom. The molecule has 0 aliphatic carbocycles. The third-order valence-electron chi connectivity index (χ3n) is 1.48. The van der Waals surface area contributed by atoms with Gasteiger partial charge in [0.2, 0.25) is 0 Å². The van der Waals surface area contributed by atoms with E-state index in [1.54, 1.807) is 27.4 Å². The molecule has 2 nitrogen and oxygen atoms in total. The minimum atomic E-state index is -0.411. The van der Waals surface area contributed by atoms with Crippen molar-refractivity contribution in [1.82, 2.24) is 0 Å². The molecule has 67 valence electrons. The second kappa shape index (κ2) is 4.54. The van der Waals surface area contributed by atoms with Gasteiger partial charge < -0.3 is 0 Å². The summed E-state index contributed by atoms with van der Waals surface area (Å²) in [7, 11) is 0. The Bertz CT molecular complexity index is 325. The molecular formula is C9H8FO2Ti. The van der Waals surface area contributed by atoms with Gasteiger partial charge in [-0.05, 0) is 0 Å². The van der Waals surface area contributed by atoms with Crippen LogP contribution in [0.1, 0.15) is 17.3 Å². The van der Waals surface area contributed by atoms with E-state index in [1.807, 2.05) is 0 Å². The standard InChI is InChI=1S/C9H8FO2.Ti/c1-2-12-9(11)7-3-5-8(10)6-4-7;/h3-5H,2H2,1H3;. The first kappa shape index (κ1) is 10.4. The predicted octanol–water partition coefficient (Wildman–Crippen LogP) is 1.17. The van der Waals surface area contributed by atoms with Crippen LogP contribution in [0.3, 0.4) is 0 Å². The van der Waals surface area contributed by atoms with Crippen LogP contribution in [0.15, 0.2) is 18.2 Å². The van der Waals surface area contributed by atoms with Crippen molar-refractivity contribution in [1.29, 1.82) is 0 Å². The molecule has 0 amide bonds. The number of halogens is 1. The Labute approximate surface area is 87.5 Å². The van der Waals surface area contributed by atoms with Crippen LogP contribution < -0.4 is 3.87 Å². The van der Waals surface area contributed by atoms with Gasteiger partial charge in [-0.25, -0.2) is 0 Å². The SMILES string of the molecule is CCOC(=O)c1ccc(F)[c]([Ti])c1. The van der Waals surface area contributed by atoms with Gasteiger partial charge in [0, 0.05) is 0 Å². The van der Waals surface area contributed by atoms with E-state index in [-0.39, 0.29) is 5.82 Å². The number of rotatable bonds is 2. The Kier molecular flexibility index (Phi) is 3.63. The molecule has 0 fully saturated rings. The van der Waals surface area contributed by atoms with Crippen LogP contribution in [0.5, 0.6) is 0 Å². The summed E-state index contributed by atoms with van der Waals surface area (Å²) in [6.07, 6.45) is 0. The summed E-state index contributed by atoms with van der Waals surface area (Å²) in [6.45, 7) is 2.06. The average molecular weight is 215 g/mol. The fourth-order valence-electron chi connectivity index (χ4n) is 0.867. The fraction of sp³-hybridized carbons (Fsp3) is 0.222. The fourth-order valence-corrected chi connectivity index (χ4v) is 1.24. The van der Waals surface area contributed by atoms with E-state index in [4.69, 9.17) is 4.74 Å². The van der Waals surface area contributed by atoms with Gasteiger partial charge in [-0.15, -0.1) is 0 Å². The minimum absolute atomic E-state index is 0.312. The molecule has 0 bridgehead atoms. The van der Waals surface area contributed by atoms with Gasteiger partial charge in [-0.1, -0.05) is 0 Å². The molecule has 0 aliphatic heterocycles. The van der Waals surface area contributed by atoms with Crippen molar-refractivity contribution < 1.29 is 34.4 Å². The molecule has 0 unspecified atom stereocenters. The van der Waals surface area contributed by atoms with Gasteiger partial charge in [-0.2, -0.15) is 0 Å². The zero-order chi connectivity index (χ0) is 9.84. The maximum absolute atomic E-state index is 12.8. The number of hydrogen-bond donors (Lipinski definition) is 0. The van der Waals surface area contributed by atoms with Crippen LogP contribution >= 0.6 is 0 Å². The van der Waals surface area contributed by atoms with Gasteiger partial charge in [0.25, 0.3) is 0 Å². The molecular weight excluding hydrogens is 207 g/mol. The van der Waals surface area contributed by atoms with Crippen molar-refractivity contribution in [2.45, 2.75) is 6.92 Å². The van der Waals surface area contributed by atoms with E-state index >= 15 is 0 Å². The molecule has 0 saturated heterocycles. The summed E-state index contributed by atoms with van der Waals surface area (Å²) in [5.41, 5.74) is 0.390. The molecule has 0 heterocycles. The van der Waals surface area contributed by atoms with Gasteiger partial charge >= 0.3 is 87.3 Å². The number of esters is 1. The molecule has 0 aromatic heterocycles. The molecule has 0 atom stereocenters. The van der Waals surface area contributed by atoms with Crippen molar-refractivity contribution in [3.63, 3.8) is 0 Å². The third kappa shape index (κ3) is 2.64. The summed E-state index contributed by atoms with van der Waals surface area (Å²) < 4.78 is 18.0. The predicted molar refractivity (Wildman–Crippen MR) is 42.0 cm³/mol. The Morgan fingerprint density at radius 1 is 1.62 bits per heavy atom. The van der Waals surface area contributed by atoms with Crippen molar-refractivity contribution in [2.24, 2.45) is 0 Å². The second-order valence-corrected chi connectivity index (χ2v) is 3.26. The molecule has 13 heavy (non-hydrogen) atoms. The van der Waals surface area contributed by atoms with E-state index in [9.17, 15) is 9.18 Å². The Hall–Kier alpha value is -0.666. The molecule has 0 saturated carbocycles. The average Bonchev–Trinajstić information content (AvgIpc) is 2.10. The van der Waals surface area contributed by atoms with E-state index < -0.39 is 5.97 Å². The summed E-state index contributed by atoms with van der Waals surface area (Å²) >= 11 is 1.61. The van der Waals surface area contributed by atoms with Crippen LogP contribution in [0.4, 0.5) is 4.39 Å². The van der Waals surface area contributed by atoms with Crippen LogP contribution in [0, 0.1) is 5.82 Å². The van der Waals surface area contributed by atoms with Crippen LogP contribution in [-0.4, -0.2) is 12.6 Å². The van der Waals surface area contributed by atoms with E-state index in [1.165, 1.54) is 18.2 Å². The molecule has 1 aromatic carbocycles. The molecule has 1 rings (SSSR count). The van der Waals surface area contributed by atoms with Crippen LogP contribution in [-0.2, 0) is 25.2 Å². The number of carbonyl (C=O) groups excluding carboxylic acids is 1. The molecule has 0 aliphatic rings. The maximum atomic E-state index is 12.8. The van der Waals surface area contributed by atoms with E-state index in [0.717, 1.165) is 0 Å². The zero-order valence-electron chi connectivity index (χ0n) is 7.13. The zero-order valence-corrected chi connectivity index (χ0v) is 8.70. The summed E-state index contributed by atoms with van der Waals surface area (Å²) in [5, 5.41) is 0.